The SMILES string of the molecule is Cc1cc(-c2ccc(Cl)c(C(=O)NCC3(O)CCCCCC3)c2)nn1C[C@@H](O)CO. The fourth-order valence-electron chi connectivity index (χ4n) is 3.86. The number of aliphatic hydroxyl groups is 3. The third-order valence-corrected chi connectivity index (χ3v) is 6.02. The zero-order valence-corrected chi connectivity index (χ0v) is 18.0. The van der Waals surface area contributed by atoms with Gasteiger partial charge < -0.3 is 20.6 Å². The Labute approximate surface area is 181 Å². The lowest BCUT2D eigenvalue weighted by atomic mass is 9.94. The van der Waals surface area contributed by atoms with Gasteiger partial charge in [0.15, 0.2) is 0 Å². The van der Waals surface area contributed by atoms with Gasteiger partial charge in [-0.05, 0) is 38.0 Å². The molecule has 1 fully saturated rings. The molecule has 0 spiro atoms. The summed E-state index contributed by atoms with van der Waals surface area (Å²) in [6.45, 7) is 1.91. The Kier molecular flexibility index (Phi) is 7.52. The molecule has 0 aliphatic heterocycles. The Morgan fingerprint density at radius 2 is 1.97 bits per heavy atom. The van der Waals surface area contributed by atoms with Crippen molar-refractivity contribution < 1.29 is 20.1 Å². The van der Waals surface area contributed by atoms with E-state index in [-0.39, 0.29) is 25.6 Å². The maximum Gasteiger partial charge on any atom is 0.252 e. The van der Waals surface area contributed by atoms with E-state index in [9.17, 15) is 15.0 Å². The van der Waals surface area contributed by atoms with Crippen LogP contribution in [0.15, 0.2) is 24.3 Å². The third-order valence-electron chi connectivity index (χ3n) is 5.69. The van der Waals surface area contributed by atoms with E-state index in [1.807, 2.05) is 13.0 Å². The number of benzene rings is 1. The van der Waals surface area contributed by atoms with Gasteiger partial charge in [-0.2, -0.15) is 5.10 Å². The lowest BCUT2D eigenvalue weighted by molar-refractivity contribution is 0.0246. The summed E-state index contributed by atoms with van der Waals surface area (Å²) >= 11 is 6.28. The van der Waals surface area contributed by atoms with Gasteiger partial charge in [0, 0.05) is 17.8 Å². The van der Waals surface area contributed by atoms with Crippen LogP contribution in [0, 0.1) is 6.92 Å². The van der Waals surface area contributed by atoms with Crippen molar-refractivity contribution in [1.29, 1.82) is 0 Å². The number of nitrogens with zero attached hydrogens (tertiary/aromatic N) is 2. The molecule has 1 aromatic carbocycles. The van der Waals surface area contributed by atoms with E-state index in [1.165, 1.54) is 0 Å². The average Bonchev–Trinajstić information content (AvgIpc) is 2.94. The number of rotatable bonds is 7. The molecule has 1 heterocycles. The predicted molar refractivity (Wildman–Crippen MR) is 115 cm³/mol. The fraction of sp³-hybridized carbons (Fsp3) is 0.545. The van der Waals surface area contributed by atoms with Gasteiger partial charge in [0.05, 0.1) is 41.1 Å². The molecule has 1 aliphatic rings. The van der Waals surface area contributed by atoms with Crippen LogP contribution in [0.1, 0.15) is 54.6 Å². The second kappa shape index (κ2) is 9.92. The zero-order valence-electron chi connectivity index (χ0n) is 17.3. The molecule has 0 saturated heterocycles. The number of aromatic nitrogens is 2. The normalized spacial score (nSPS) is 17.4. The van der Waals surface area contributed by atoms with Crippen LogP contribution in [-0.2, 0) is 6.54 Å². The summed E-state index contributed by atoms with van der Waals surface area (Å²) in [7, 11) is 0. The van der Waals surface area contributed by atoms with Crippen LogP contribution in [0.25, 0.3) is 11.3 Å². The van der Waals surface area contributed by atoms with Crippen LogP contribution in [0.4, 0.5) is 0 Å². The molecule has 1 saturated carbocycles. The molecule has 8 heteroatoms. The van der Waals surface area contributed by atoms with Gasteiger partial charge in [0.1, 0.15) is 0 Å². The van der Waals surface area contributed by atoms with Crippen molar-refractivity contribution in [1.82, 2.24) is 15.1 Å². The van der Waals surface area contributed by atoms with E-state index in [1.54, 1.807) is 22.9 Å². The van der Waals surface area contributed by atoms with Gasteiger partial charge in [0.25, 0.3) is 5.91 Å². The highest BCUT2D eigenvalue weighted by Gasteiger charge is 2.28. The topological polar surface area (TPSA) is 108 Å². The quantitative estimate of drug-likeness (QED) is 0.500. The number of carbonyl (C=O) groups excluding carboxylic acids is 1. The van der Waals surface area contributed by atoms with E-state index in [4.69, 9.17) is 16.7 Å². The maximum absolute atomic E-state index is 12.8. The van der Waals surface area contributed by atoms with Gasteiger partial charge in [0.2, 0.25) is 0 Å². The minimum Gasteiger partial charge on any atom is -0.394 e. The standard InChI is InChI=1S/C22H30ClN3O4/c1-15-10-20(25-26(15)12-17(28)13-27)16-6-7-19(23)18(11-16)21(29)24-14-22(30)8-4-2-3-5-9-22/h6-7,10-11,17,27-28,30H,2-5,8-9,12-14H2,1H3,(H,24,29)/t17-/m1/s1. The predicted octanol–water partition coefficient (Wildman–Crippen LogP) is 2.68. The highest BCUT2D eigenvalue weighted by Crippen LogP contribution is 2.28. The number of carbonyl (C=O) groups is 1. The van der Waals surface area contributed by atoms with Crippen LogP contribution in [0.5, 0.6) is 0 Å². The van der Waals surface area contributed by atoms with Crippen molar-refractivity contribution >= 4 is 17.5 Å². The molecule has 30 heavy (non-hydrogen) atoms. The van der Waals surface area contributed by atoms with E-state index in [0.717, 1.165) is 36.9 Å². The number of halogens is 1. The smallest absolute Gasteiger partial charge is 0.252 e. The number of aliphatic hydroxyl groups excluding tert-OH is 2. The lowest BCUT2D eigenvalue weighted by Gasteiger charge is -2.26. The summed E-state index contributed by atoms with van der Waals surface area (Å²) < 4.78 is 1.62. The summed E-state index contributed by atoms with van der Waals surface area (Å²) in [5.74, 6) is -0.327. The second-order valence-electron chi connectivity index (χ2n) is 8.21. The average molecular weight is 436 g/mol. The Morgan fingerprint density at radius 1 is 1.27 bits per heavy atom. The van der Waals surface area contributed by atoms with Gasteiger partial charge in [-0.1, -0.05) is 43.4 Å². The van der Waals surface area contributed by atoms with Gasteiger partial charge in [-0.15, -0.1) is 0 Å². The first-order valence-electron chi connectivity index (χ1n) is 10.5. The molecule has 1 aromatic heterocycles. The first kappa shape index (κ1) is 22.7. The molecule has 4 N–H and O–H groups in total. The zero-order chi connectivity index (χ0) is 21.7. The summed E-state index contributed by atoms with van der Waals surface area (Å²) in [4.78, 5) is 12.8. The third kappa shape index (κ3) is 5.60. The van der Waals surface area contributed by atoms with Crippen molar-refractivity contribution in [3.05, 3.63) is 40.5 Å². The molecule has 2 aromatic rings. The van der Waals surface area contributed by atoms with E-state index < -0.39 is 11.7 Å². The number of hydrogen-bond acceptors (Lipinski definition) is 5. The molecule has 164 valence electrons. The monoisotopic (exact) mass is 435 g/mol. The van der Waals surface area contributed by atoms with Crippen LogP contribution < -0.4 is 5.32 Å². The van der Waals surface area contributed by atoms with Crippen LogP contribution >= 0.6 is 11.6 Å². The molecule has 0 radical (unpaired) electrons. The molecule has 3 rings (SSSR count). The minimum absolute atomic E-state index is 0.182. The van der Waals surface area contributed by atoms with Crippen LogP contribution in [0.2, 0.25) is 5.02 Å². The molecular formula is C22H30ClN3O4. The van der Waals surface area contributed by atoms with Crippen LogP contribution in [0.3, 0.4) is 0 Å². The molecule has 1 amide bonds. The Bertz CT molecular complexity index is 875. The Balaban J connectivity index is 1.75. The summed E-state index contributed by atoms with van der Waals surface area (Å²) in [6.07, 6.45) is 4.66. The van der Waals surface area contributed by atoms with E-state index in [2.05, 4.69) is 10.4 Å². The molecule has 1 atom stereocenters. The van der Waals surface area contributed by atoms with Gasteiger partial charge in [-0.3, -0.25) is 9.48 Å². The van der Waals surface area contributed by atoms with Crippen molar-refractivity contribution in [2.75, 3.05) is 13.2 Å². The van der Waals surface area contributed by atoms with E-state index in [0.29, 0.717) is 29.1 Å². The van der Waals surface area contributed by atoms with E-state index >= 15 is 0 Å². The van der Waals surface area contributed by atoms with Crippen molar-refractivity contribution in [3.8, 4) is 11.3 Å². The number of amides is 1. The second-order valence-corrected chi connectivity index (χ2v) is 8.61. The highest BCUT2D eigenvalue weighted by molar-refractivity contribution is 6.34. The largest absolute Gasteiger partial charge is 0.394 e. The molecule has 0 bridgehead atoms. The van der Waals surface area contributed by atoms with Crippen LogP contribution in [-0.4, -0.2) is 55.9 Å². The van der Waals surface area contributed by atoms with Gasteiger partial charge >= 0.3 is 0 Å². The molecular weight excluding hydrogens is 406 g/mol. The van der Waals surface area contributed by atoms with Gasteiger partial charge in [-0.25, -0.2) is 0 Å². The summed E-state index contributed by atoms with van der Waals surface area (Å²) in [5, 5.41) is 37.1. The maximum atomic E-state index is 12.8. The molecule has 7 nitrogen and oxygen atoms in total. The number of aryl methyl sites for hydroxylation is 1. The van der Waals surface area contributed by atoms with Crippen molar-refractivity contribution in [3.63, 3.8) is 0 Å². The Morgan fingerprint density at radius 3 is 2.63 bits per heavy atom. The highest BCUT2D eigenvalue weighted by atomic mass is 35.5. The summed E-state index contributed by atoms with van der Waals surface area (Å²) in [6, 6.07) is 6.97. The lowest BCUT2D eigenvalue weighted by Crippen LogP contribution is -2.42. The fourth-order valence-corrected chi connectivity index (χ4v) is 4.06. The number of hydrogen-bond donors (Lipinski definition) is 4. The number of nitrogens with one attached hydrogen (secondary N) is 1. The Hall–Kier alpha value is -1.93. The first-order valence-corrected chi connectivity index (χ1v) is 10.8. The van der Waals surface area contributed by atoms with Crippen molar-refractivity contribution in [2.45, 2.75) is 63.7 Å². The molecule has 1 aliphatic carbocycles. The first-order chi connectivity index (χ1) is 14.3. The van der Waals surface area contributed by atoms with Crippen molar-refractivity contribution in [2.24, 2.45) is 0 Å². The molecule has 0 unspecified atom stereocenters. The minimum atomic E-state index is -0.891. The summed E-state index contributed by atoms with van der Waals surface area (Å²) in [5.41, 5.74) is 1.66.